The minimum atomic E-state index is 0.575. The summed E-state index contributed by atoms with van der Waals surface area (Å²) in [5, 5.41) is 1.18. The lowest BCUT2D eigenvalue weighted by Crippen LogP contribution is -1.98. The molecule has 1 aromatic rings. The van der Waals surface area contributed by atoms with E-state index in [4.69, 9.17) is 27.9 Å². The van der Waals surface area contributed by atoms with Gasteiger partial charge in [0.2, 0.25) is 0 Å². The fourth-order valence-corrected chi connectivity index (χ4v) is 2.26. The van der Waals surface area contributed by atoms with E-state index in [9.17, 15) is 0 Å². The maximum absolute atomic E-state index is 6.02. The second-order valence-electron chi connectivity index (χ2n) is 3.33. The van der Waals surface area contributed by atoms with Crippen LogP contribution < -0.4 is 4.74 Å². The molecular formula is C11H13BrCl2OS. The van der Waals surface area contributed by atoms with Crippen LogP contribution in [0.25, 0.3) is 0 Å². The molecule has 5 heteroatoms. The number of unbranched alkanes of at least 4 members (excludes halogenated alkanes) is 2. The van der Waals surface area contributed by atoms with Crippen molar-refractivity contribution in [2.24, 2.45) is 0 Å². The first kappa shape index (κ1) is 14.5. The van der Waals surface area contributed by atoms with Gasteiger partial charge < -0.3 is 4.74 Å². The monoisotopic (exact) mass is 342 g/mol. The summed E-state index contributed by atoms with van der Waals surface area (Å²) < 4.78 is 6.34. The Morgan fingerprint density at radius 3 is 2.56 bits per heavy atom. The number of hydrogen-bond donors (Lipinski definition) is 1. The summed E-state index contributed by atoms with van der Waals surface area (Å²) in [5.74, 6) is 1.56. The second kappa shape index (κ2) is 7.70. The molecule has 0 aliphatic rings. The van der Waals surface area contributed by atoms with Crippen LogP contribution in [0.4, 0.5) is 0 Å². The topological polar surface area (TPSA) is 9.23 Å². The molecular weight excluding hydrogens is 331 g/mol. The van der Waals surface area contributed by atoms with Crippen molar-refractivity contribution in [2.75, 3.05) is 12.4 Å². The lowest BCUT2D eigenvalue weighted by molar-refractivity contribution is 0.306. The van der Waals surface area contributed by atoms with E-state index >= 15 is 0 Å². The number of ether oxygens (including phenoxy) is 1. The first-order chi connectivity index (χ1) is 7.65. The summed E-state index contributed by atoms with van der Waals surface area (Å²) in [6, 6.07) is 3.47. The summed E-state index contributed by atoms with van der Waals surface area (Å²) in [4.78, 5) is 0. The molecule has 0 bridgehead atoms. The number of rotatable bonds is 6. The van der Waals surface area contributed by atoms with Crippen molar-refractivity contribution in [1.82, 2.24) is 0 Å². The zero-order valence-electron chi connectivity index (χ0n) is 8.68. The van der Waals surface area contributed by atoms with Gasteiger partial charge in [0.1, 0.15) is 5.75 Å². The number of benzene rings is 1. The molecule has 0 aliphatic carbocycles. The third-order valence-corrected chi connectivity index (χ3v) is 3.84. The van der Waals surface area contributed by atoms with E-state index < -0.39 is 0 Å². The summed E-state index contributed by atoms with van der Waals surface area (Å²) in [6.07, 6.45) is 3.23. The molecule has 0 saturated heterocycles. The minimum absolute atomic E-state index is 0.575. The van der Waals surface area contributed by atoms with E-state index in [1.807, 2.05) is 0 Å². The van der Waals surface area contributed by atoms with Crippen LogP contribution in [-0.4, -0.2) is 12.4 Å². The lowest BCUT2D eigenvalue weighted by atomic mass is 10.2. The lowest BCUT2D eigenvalue weighted by Gasteiger charge is -2.09. The van der Waals surface area contributed by atoms with Gasteiger partial charge >= 0.3 is 0 Å². The van der Waals surface area contributed by atoms with Gasteiger partial charge in [0.25, 0.3) is 0 Å². The normalized spacial score (nSPS) is 10.5. The van der Waals surface area contributed by atoms with E-state index in [0.29, 0.717) is 22.4 Å². The molecule has 0 aliphatic heterocycles. The minimum Gasteiger partial charge on any atom is -0.492 e. The van der Waals surface area contributed by atoms with Gasteiger partial charge in [-0.15, -0.1) is 0 Å². The van der Waals surface area contributed by atoms with Gasteiger partial charge in [-0.3, -0.25) is 0 Å². The van der Waals surface area contributed by atoms with Crippen molar-refractivity contribution in [3.63, 3.8) is 0 Å². The Bertz CT molecular complexity index is 347. The predicted octanol–water partition coefficient (Wildman–Crippen LogP) is 5.23. The standard InChI is InChI=1S/C11H13BrCl2OS/c12-8-6-10(14)11(7-9(8)13)15-4-2-1-3-5-16/h6-7,16H,1-5H2. The van der Waals surface area contributed by atoms with Gasteiger partial charge in [0.15, 0.2) is 0 Å². The smallest absolute Gasteiger partial charge is 0.139 e. The fraction of sp³-hybridized carbons (Fsp3) is 0.455. The van der Waals surface area contributed by atoms with Crippen LogP contribution >= 0.6 is 51.8 Å². The van der Waals surface area contributed by atoms with Crippen LogP contribution in [0.1, 0.15) is 19.3 Å². The zero-order chi connectivity index (χ0) is 12.0. The first-order valence-electron chi connectivity index (χ1n) is 5.03. The van der Waals surface area contributed by atoms with Crippen LogP contribution in [0, 0.1) is 0 Å². The van der Waals surface area contributed by atoms with Crippen LogP contribution in [-0.2, 0) is 0 Å². The van der Waals surface area contributed by atoms with E-state index in [0.717, 1.165) is 29.5 Å². The molecule has 0 spiro atoms. The van der Waals surface area contributed by atoms with Crippen molar-refractivity contribution in [3.05, 3.63) is 26.7 Å². The van der Waals surface area contributed by atoms with E-state index in [-0.39, 0.29) is 0 Å². The summed E-state index contributed by atoms with van der Waals surface area (Å²) in [5.41, 5.74) is 0. The van der Waals surface area contributed by atoms with Crippen molar-refractivity contribution in [2.45, 2.75) is 19.3 Å². The molecule has 1 aromatic carbocycles. The van der Waals surface area contributed by atoms with Gasteiger partial charge in [0.05, 0.1) is 16.7 Å². The van der Waals surface area contributed by atoms with E-state index in [1.165, 1.54) is 0 Å². The SMILES string of the molecule is SCCCCCOc1cc(Cl)c(Br)cc1Cl. The molecule has 0 aromatic heterocycles. The third kappa shape index (κ3) is 4.74. The molecule has 1 rings (SSSR count). The molecule has 0 unspecified atom stereocenters. The molecule has 0 atom stereocenters. The highest BCUT2D eigenvalue weighted by molar-refractivity contribution is 9.10. The maximum Gasteiger partial charge on any atom is 0.139 e. The number of halogens is 3. The molecule has 0 saturated carbocycles. The van der Waals surface area contributed by atoms with Gasteiger partial charge in [0, 0.05) is 10.5 Å². The molecule has 0 radical (unpaired) electrons. The predicted molar refractivity (Wildman–Crippen MR) is 77.4 cm³/mol. The Hall–Kier alpha value is 0.430. The summed E-state index contributed by atoms with van der Waals surface area (Å²) in [7, 11) is 0. The molecule has 0 amide bonds. The van der Waals surface area contributed by atoms with E-state index in [1.54, 1.807) is 12.1 Å². The molecule has 0 N–H and O–H groups in total. The van der Waals surface area contributed by atoms with Gasteiger partial charge in [-0.1, -0.05) is 23.2 Å². The second-order valence-corrected chi connectivity index (χ2v) is 5.45. The Morgan fingerprint density at radius 1 is 1.12 bits per heavy atom. The Morgan fingerprint density at radius 2 is 1.88 bits per heavy atom. The highest BCUT2D eigenvalue weighted by Gasteiger charge is 2.06. The number of hydrogen-bond acceptors (Lipinski definition) is 2. The van der Waals surface area contributed by atoms with Crippen molar-refractivity contribution < 1.29 is 4.74 Å². The Kier molecular flexibility index (Phi) is 6.97. The van der Waals surface area contributed by atoms with Crippen LogP contribution in [0.2, 0.25) is 10.0 Å². The molecule has 90 valence electrons. The zero-order valence-corrected chi connectivity index (χ0v) is 12.7. The Labute approximate surface area is 120 Å². The third-order valence-electron chi connectivity index (χ3n) is 2.03. The van der Waals surface area contributed by atoms with Crippen molar-refractivity contribution >= 4 is 51.8 Å². The first-order valence-corrected chi connectivity index (χ1v) is 7.21. The quantitative estimate of drug-likeness (QED) is 0.422. The fourth-order valence-electron chi connectivity index (χ4n) is 1.19. The molecule has 0 heterocycles. The maximum atomic E-state index is 6.02. The average molecular weight is 344 g/mol. The van der Waals surface area contributed by atoms with Gasteiger partial charge in [-0.25, -0.2) is 0 Å². The summed E-state index contributed by atoms with van der Waals surface area (Å²) in [6.45, 7) is 0.658. The van der Waals surface area contributed by atoms with Crippen LogP contribution in [0.3, 0.4) is 0 Å². The van der Waals surface area contributed by atoms with Gasteiger partial charge in [-0.05, 0) is 47.0 Å². The van der Waals surface area contributed by atoms with Gasteiger partial charge in [-0.2, -0.15) is 12.6 Å². The van der Waals surface area contributed by atoms with Crippen molar-refractivity contribution in [3.8, 4) is 5.75 Å². The van der Waals surface area contributed by atoms with E-state index in [2.05, 4.69) is 28.6 Å². The van der Waals surface area contributed by atoms with Crippen LogP contribution in [0.5, 0.6) is 5.75 Å². The highest BCUT2D eigenvalue weighted by atomic mass is 79.9. The number of thiol groups is 1. The Balaban J connectivity index is 2.45. The van der Waals surface area contributed by atoms with Crippen molar-refractivity contribution in [1.29, 1.82) is 0 Å². The summed E-state index contributed by atoms with van der Waals surface area (Å²) >= 11 is 19.4. The highest BCUT2D eigenvalue weighted by Crippen LogP contribution is 2.34. The molecule has 0 fully saturated rings. The largest absolute Gasteiger partial charge is 0.492 e. The average Bonchev–Trinajstić information content (AvgIpc) is 2.25. The molecule has 16 heavy (non-hydrogen) atoms. The molecule has 1 nitrogen and oxygen atoms in total. The van der Waals surface area contributed by atoms with Crippen LogP contribution in [0.15, 0.2) is 16.6 Å².